The van der Waals surface area contributed by atoms with Gasteiger partial charge in [-0.05, 0) is 43.3 Å². The largest absolute Gasteiger partial charge is 0.376 e. The molecule has 0 aliphatic carbocycles. The maximum absolute atomic E-state index is 13.2. The lowest BCUT2D eigenvalue weighted by Gasteiger charge is -2.36. The number of hydrogen-bond acceptors (Lipinski definition) is 4. The standard InChI is InChI=1S/C18H25FN4O2S/c19-14-3-1-4-15(11-14)21-17(24)13-22-6-8-23(9-7-22)18(26)20-12-16-5-2-10-25-16/h1,3-4,11,16H,2,5-10,12-13H2,(H,20,26)(H,21,24)/t16-/m0/s1. The molecule has 0 aromatic heterocycles. The number of carbonyl (C=O) groups is 1. The summed E-state index contributed by atoms with van der Waals surface area (Å²) in [5, 5.41) is 6.77. The van der Waals surface area contributed by atoms with E-state index in [1.807, 2.05) is 0 Å². The zero-order valence-corrected chi connectivity index (χ0v) is 15.6. The first-order valence-electron chi connectivity index (χ1n) is 9.02. The lowest BCUT2D eigenvalue weighted by Crippen LogP contribution is -2.53. The van der Waals surface area contributed by atoms with Crippen LogP contribution in [0.25, 0.3) is 0 Å². The SMILES string of the molecule is O=C(CN1CCN(C(=S)NC[C@@H]2CCCO2)CC1)Nc1cccc(F)c1. The molecule has 8 heteroatoms. The van der Waals surface area contributed by atoms with Crippen LogP contribution in [0.2, 0.25) is 0 Å². The molecule has 1 atom stereocenters. The molecule has 26 heavy (non-hydrogen) atoms. The summed E-state index contributed by atoms with van der Waals surface area (Å²) in [5.74, 6) is -0.497. The number of nitrogens with zero attached hydrogens (tertiary/aromatic N) is 2. The monoisotopic (exact) mass is 380 g/mol. The summed E-state index contributed by atoms with van der Waals surface area (Å²) in [4.78, 5) is 16.3. The molecule has 2 fully saturated rings. The van der Waals surface area contributed by atoms with Gasteiger partial charge in [0.15, 0.2) is 5.11 Å². The molecule has 0 spiro atoms. The Hall–Kier alpha value is -1.77. The number of carbonyl (C=O) groups excluding carboxylic acids is 1. The summed E-state index contributed by atoms with van der Waals surface area (Å²) in [7, 11) is 0. The smallest absolute Gasteiger partial charge is 0.238 e. The third-order valence-corrected chi connectivity index (χ3v) is 5.04. The summed E-state index contributed by atoms with van der Waals surface area (Å²) >= 11 is 5.46. The van der Waals surface area contributed by atoms with E-state index in [0.717, 1.165) is 57.3 Å². The van der Waals surface area contributed by atoms with Gasteiger partial charge >= 0.3 is 0 Å². The number of anilines is 1. The van der Waals surface area contributed by atoms with Crippen molar-refractivity contribution in [2.24, 2.45) is 0 Å². The zero-order chi connectivity index (χ0) is 18.4. The van der Waals surface area contributed by atoms with Crippen molar-refractivity contribution in [2.75, 3.05) is 51.2 Å². The van der Waals surface area contributed by atoms with Gasteiger partial charge in [0, 0.05) is 45.0 Å². The number of halogens is 1. The maximum atomic E-state index is 13.2. The van der Waals surface area contributed by atoms with E-state index in [1.54, 1.807) is 12.1 Å². The van der Waals surface area contributed by atoms with Crippen molar-refractivity contribution in [3.63, 3.8) is 0 Å². The van der Waals surface area contributed by atoms with Crippen LogP contribution in [-0.4, -0.2) is 72.8 Å². The number of piperazine rings is 1. The van der Waals surface area contributed by atoms with Crippen molar-refractivity contribution in [1.29, 1.82) is 0 Å². The first-order valence-corrected chi connectivity index (χ1v) is 9.43. The number of thiocarbonyl (C=S) groups is 1. The van der Waals surface area contributed by atoms with Gasteiger partial charge in [-0.3, -0.25) is 9.69 Å². The van der Waals surface area contributed by atoms with Crippen LogP contribution in [0.5, 0.6) is 0 Å². The fourth-order valence-corrected chi connectivity index (χ4v) is 3.46. The molecular formula is C18H25FN4O2S. The second-order valence-electron chi connectivity index (χ2n) is 6.64. The average Bonchev–Trinajstić information content (AvgIpc) is 3.14. The minimum absolute atomic E-state index is 0.136. The molecule has 2 N–H and O–H groups in total. The van der Waals surface area contributed by atoms with Gasteiger partial charge in [-0.15, -0.1) is 0 Å². The van der Waals surface area contributed by atoms with Crippen LogP contribution in [0.3, 0.4) is 0 Å². The van der Waals surface area contributed by atoms with Gasteiger partial charge in [0.1, 0.15) is 5.82 Å². The third kappa shape index (κ3) is 5.62. The number of amides is 1. The molecule has 2 saturated heterocycles. The fraction of sp³-hybridized carbons (Fsp3) is 0.556. The van der Waals surface area contributed by atoms with Gasteiger partial charge < -0.3 is 20.3 Å². The Bertz CT molecular complexity index is 631. The van der Waals surface area contributed by atoms with E-state index in [4.69, 9.17) is 17.0 Å². The molecule has 2 aliphatic rings. The van der Waals surface area contributed by atoms with Crippen molar-refractivity contribution in [3.05, 3.63) is 30.1 Å². The van der Waals surface area contributed by atoms with Crippen LogP contribution >= 0.6 is 12.2 Å². The Morgan fingerprint density at radius 1 is 1.31 bits per heavy atom. The van der Waals surface area contributed by atoms with Crippen LogP contribution in [0.4, 0.5) is 10.1 Å². The molecule has 2 aliphatic heterocycles. The van der Waals surface area contributed by atoms with Gasteiger partial charge in [0.2, 0.25) is 5.91 Å². The lowest BCUT2D eigenvalue weighted by molar-refractivity contribution is -0.117. The number of rotatable bonds is 5. The van der Waals surface area contributed by atoms with E-state index in [9.17, 15) is 9.18 Å². The van der Waals surface area contributed by atoms with E-state index in [1.165, 1.54) is 12.1 Å². The number of nitrogens with one attached hydrogen (secondary N) is 2. The normalized spacial score (nSPS) is 20.8. The van der Waals surface area contributed by atoms with Gasteiger partial charge in [0.25, 0.3) is 0 Å². The summed E-state index contributed by atoms with van der Waals surface area (Å²) in [6, 6.07) is 5.92. The topological polar surface area (TPSA) is 56.8 Å². The Labute approximate surface area is 158 Å². The van der Waals surface area contributed by atoms with Crippen LogP contribution in [0, 0.1) is 5.82 Å². The molecule has 142 valence electrons. The molecule has 0 bridgehead atoms. The van der Waals surface area contributed by atoms with E-state index in [0.29, 0.717) is 12.2 Å². The predicted octanol–water partition coefficient (Wildman–Crippen LogP) is 1.44. The summed E-state index contributed by atoms with van der Waals surface area (Å²) in [6.45, 7) is 4.98. The Kier molecular flexibility index (Phi) is 6.76. The highest BCUT2D eigenvalue weighted by molar-refractivity contribution is 7.80. The minimum Gasteiger partial charge on any atom is -0.376 e. The highest BCUT2D eigenvalue weighted by atomic mass is 32.1. The van der Waals surface area contributed by atoms with Crippen molar-refractivity contribution >= 4 is 28.9 Å². The van der Waals surface area contributed by atoms with Crippen LogP contribution in [0.1, 0.15) is 12.8 Å². The molecular weight excluding hydrogens is 355 g/mol. The van der Waals surface area contributed by atoms with Gasteiger partial charge in [-0.2, -0.15) is 0 Å². The van der Waals surface area contributed by atoms with Crippen molar-refractivity contribution in [3.8, 4) is 0 Å². The number of benzene rings is 1. The van der Waals surface area contributed by atoms with Crippen molar-refractivity contribution in [2.45, 2.75) is 18.9 Å². The Morgan fingerprint density at radius 3 is 2.81 bits per heavy atom. The average molecular weight is 380 g/mol. The van der Waals surface area contributed by atoms with Crippen molar-refractivity contribution < 1.29 is 13.9 Å². The van der Waals surface area contributed by atoms with Crippen LogP contribution < -0.4 is 10.6 Å². The first kappa shape index (κ1) is 19.0. The molecule has 3 rings (SSSR count). The second-order valence-corrected chi connectivity index (χ2v) is 7.03. The quantitative estimate of drug-likeness (QED) is 0.754. The molecule has 1 amide bonds. The third-order valence-electron chi connectivity index (χ3n) is 4.64. The fourth-order valence-electron chi connectivity index (χ4n) is 3.20. The molecule has 6 nitrogen and oxygen atoms in total. The van der Waals surface area contributed by atoms with Crippen LogP contribution in [-0.2, 0) is 9.53 Å². The number of ether oxygens (including phenoxy) is 1. The summed E-state index contributed by atoms with van der Waals surface area (Å²) in [5.41, 5.74) is 0.480. The summed E-state index contributed by atoms with van der Waals surface area (Å²) in [6.07, 6.45) is 2.47. The number of hydrogen-bond donors (Lipinski definition) is 2. The highest BCUT2D eigenvalue weighted by Crippen LogP contribution is 2.11. The molecule has 0 saturated carbocycles. The van der Waals surface area contributed by atoms with E-state index >= 15 is 0 Å². The lowest BCUT2D eigenvalue weighted by atomic mass is 10.2. The molecule has 1 aromatic rings. The Balaban J connectivity index is 1.36. The van der Waals surface area contributed by atoms with E-state index in [-0.39, 0.29) is 17.8 Å². The minimum atomic E-state index is -0.361. The van der Waals surface area contributed by atoms with Gasteiger partial charge in [0.05, 0.1) is 12.6 Å². The maximum Gasteiger partial charge on any atom is 0.238 e. The molecule has 1 aromatic carbocycles. The second kappa shape index (κ2) is 9.25. The molecule has 0 radical (unpaired) electrons. The van der Waals surface area contributed by atoms with E-state index < -0.39 is 0 Å². The molecule has 2 heterocycles. The van der Waals surface area contributed by atoms with Crippen molar-refractivity contribution in [1.82, 2.24) is 15.1 Å². The van der Waals surface area contributed by atoms with E-state index in [2.05, 4.69) is 20.4 Å². The zero-order valence-electron chi connectivity index (χ0n) is 14.7. The predicted molar refractivity (Wildman–Crippen MR) is 103 cm³/mol. The Morgan fingerprint density at radius 2 is 2.12 bits per heavy atom. The molecule has 0 unspecified atom stereocenters. The van der Waals surface area contributed by atoms with Gasteiger partial charge in [-0.25, -0.2) is 4.39 Å². The van der Waals surface area contributed by atoms with Gasteiger partial charge in [-0.1, -0.05) is 6.07 Å². The van der Waals surface area contributed by atoms with Crippen LogP contribution in [0.15, 0.2) is 24.3 Å². The summed E-state index contributed by atoms with van der Waals surface area (Å²) < 4.78 is 18.8. The first-order chi connectivity index (χ1) is 12.6. The highest BCUT2D eigenvalue weighted by Gasteiger charge is 2.22.